The van der Waals surface area contributed by atoms with Crippen molar-refractivity contribution in [1.82, 2.24) is 0 Å². The second kappa shape index (κ2) is 5.24. The first-order valence-corrected chi connectivity index (χ1v) is 4.90. The van der Waals surface area contributed by atoms with Crippen molar-refractivity contribution in [3.8, 4) is 5.75 Å². The van der Waals surface area contributed by atoms with Crippen molar-refractivity contribution in [2.24, 2.45) is 0 Å². The van der Waals surface area contributed by atoms with Crippen molar-refractivity contribution in [2.45, 2.75) is 5.44 Å². The molecule has 0 radical (unpaired) electrons. The van der Waals surface area contributed by atoms with Crippen LogP contribution >= 0.6 is 0 Å². The van der Waals surface area contributed by atoms with E-state index in [2.05, 4.69) is 0 Å². The molecule has 0 aromatic heterocycles. The fraction of sp³-hybridized carbons (Fsp3) is 0.143. The molecule has 0 aliphatic carbocycles. The van der Waals surface area contributed by atoms with Crippen molar-refractivity contribution in [1.29, 1.82) is 0 Å². The molecule has 0 saturated carbocycles. The summed E-state index contributed by atoms with van der Waals surface area (Å²) >= 11 is 0. The van der Waals surface area contributed by atoms with Crippen LogP contribution in [0.4, 0.5) is 4.39 Å². The zero-order valence-corrected chi connectivity index (χ0v) is 10.5. The maximum Gasteiger partial charge on any atom is 1.00 e. The number of halogens is 1. The molecular formula is C7H6FNaO5S. The van der Waals surface area contributed by atoms with Gasteiger partial charge in [-0.05, 0) is 12.1 Å². The summed E-state index contributed by atoms with van der Waals surface area (Å²) in [6.07, 6.45) is 0. The van der Waals surface area contributed by atoms with E-state index in [9.17, 15) is 17.4 Å². The third-order valence-electron chi connectivity index (χ3n) is 1.46. The fourth-order valence-corrected chi connectivity index (χ4v) is 1.37. The Kier molecular flexibility index (Phi) is 5.18. The molecule has 1 unspecified atom stereocenters. The van der Waals surface area contributed by atoms with Crippen LogP contribution in [0.3, 0.4) is 0 Å². The largest absolute Gasteiger partial charge is 1.00 e. The monoisotopic (exact) mass is 244 g/mol. The summed E-state index contributed by atoms with van der Waals surface area (Å²) in [5.74, 6) is -1.51. The molecular weight excluding hydrogens is 238 g/mol. The number of phenolic OH excluding ortho intramolecular Hbond substituents is 1. The minimum Gasteiger partial charge on any atom is -0.746 e. The molecule has 0 fully saturated rings. The molecule has 0 spiro atoms. The zero-order chi connectivity index (χ0) is 10.9. The Balaban J connectivity index is 0.00000196. The fourth-order valence-electron chi connectivity index (χ4n) is 0.905. The molecule has 1 aromatic carbocycles. The maximum absolute atomic E-state index is 12.6. The van der Waals surface area contributed by atoms with Crippen LogP contribution in [0.1, 0.15) is 11.0 Å². The molecule has 0 saturated heterocycles. The number of aliphatic hydroxyl groups is 1. The summed E-state index contributed by atoms with van der Waals surface area (Å²) in [5.41, 5.74) is -2.87. The van der Waals surface area contributed by atoms with E-state index >= 15 is 0 Å². The van der Waals surface area contributed by atoms with Gasteiger partial charge >= 0.3 is 29.6 Å². The van der Waals surface area contributed by atoms with Crippen LogP contribution in [-0.4, -0.2) is 23.2 Å². The van der Waals surface area contributed by atoms with Crippen LogP contribution in [0.15, 0.2) is 18.2 Å². The van der Waals surface area contributed by atoms with Gasteiger partial charge in [-0.2, -0.15) is 0 Å². The van der Waals surface area contributed by atoms with Gasteiger partial charge in [0, 0.05) is 11.6 Å². The summed E-state index contributed by atoms with van der Waals surface area (Å²) in [6.45, 7) is 0. The SMILES string of the molecule is O=S(=O)([O-])C(O)c1cc(O)cc(F)c1.[Na+]. The minimum absolute atomic E-state index is 0. The van der Waals surface area contributed by atoms with Gasteiger partial charge in [0.15, 0.2) is 5.44 Å². The molecule has 78 valence electrons. The van der Waals surface area contributed by atoms with E-state index in [1.165, 1.54) is 0 Å². The summed E-state index contributed by atoms with van der Waals surface area (Å²) in [5, 5.41) is 17.8. The van der Waals surface area contributed by atoms with E-state index in [-0.39, 0.29) is 29.6 Å². The van der Waals surface area contributed by atoms with Crippen LogP contribution in [0.25, 0.3) is 0 Å². The average molecular weight is 244 g/mol. The topological polar surface area (TPSA) is 97.7 Å². The van der Waals surface area contributed by atoms with Gasteiger partial charge in [-0.3, -0.25) is 0 Å². The molecule has 0 bridgehead atoms. The normalized spacial score (nSPS) is 13.0. The average Bonchev–Trinajstić information content (AvgIpc) is 1.99. The summed E-state index contributed by atoms with van der Waals surface area (Å²) in [7, 11) is -4.96. The van der Waals surface area contributed by atoms with E-state index in [0.717, 1.165) is 6.07 Å². The maximum atomic E-state index is 12.6. The number of aromatic hydroxyl groups is 1. The molecule has 1 rings (SSSR count). The van der Waals surface area contributed by atoms with Crippen molar-refractivity contribution in [2.75, 3.05) is 0 Å². The molecule has 0 heterocycles. The Morgan fingerprint density at radius 3 is 2.27 bits per heavy atom. The summed E-state index contributed by atoms with van der Waals surface area (Å²) in [4.78, 5) is 0. The van der Waals surface area contributed by atoms with E-state index in [4.69, 9.17) is 10.2 Å². The Morgan fingerprint density at radius 1 is 1.33 bits per heavy atom. The Bertz CT molecular complexity index is 426. The standard InChI is InChI=1S/C7H7FO5S.Na/c8-5-1-4(2-6(9)3-5)7(10)14(11,12)13;/h1-3,7,9-10H,(H,11,12,13);/q;+1/p-1. The van der Waals surface area contributed by atoms with Gasteiger partial charge in [-0.1, -0.05) is 0 Å². The Labute approximate surface area is 108 Å². The summed E-state index contributed by atoms with van der Waals surface area (Å²) < 4.78 is 43.6. The second-order valence-corrected chi connectivity index (χ2v) is 4.02. The molecule has 2 N–H and O–H groups in total. The van der Waals surface area contributed by atoms with E-state index in [0.29, 0.717) is 12.1 Å². The summed E-state index contributed by atoms with van der Waals surface area (Å²) in [6, 6.07) is 2.16. The first-order chi connectivity index (χ1) is 6.30. The number of benzene rings is 1. The minimum atomic E-state index is -4.96. The number of hydrogen-bond donors (Lipinski definition) is 2. The molecule has 15 heavy (non-hydrogen) atoms. The molecule has 8 heteroatoms. The van der Waals surface area contributed by atoms with Crippen molar-refractivity contribution >= 4 is 10.1 Å². The van der Waals surface area contributed by atoms with Crippen molar-refractivity contribution in [3.05, 3.63) is 29.6 Å². The molecule has 0 aliphatic rings. The quantitative estimate of drug-likeness (QED) is 0.429. The van der Waals surface area contributed by atoms with Gasteiger partial charge in [0.2, 0.25) is 0 Å². The van der Waals surface area contributed by atoms with E-state index in [1.54, 1.807) is 0 Å². The predicted octanol–water partition coefficient (Wildman–Crippen LogP) is -2.93. The molecule has 0 aliphatic heterocycles. The van der Waals surface area contributed by atoms with Crippen LogP contribution in [0.5, 0.6) is 5.75 Å². The van der Waals surface area contributed by atoms with Gasteiger partial charge < -0.3 is 14.8 Å². The molecule has 1 atom stereocenters. The van der Waals surface area contributed by atoms with Gasteiger partial charge in [0.25, 0.3) is 0 Å². The Hall–Kier alpha value is -0.180. The van der Waals surface area contributed by atoms with E-state index < -0.39 is 32.7 Å². The second-order valence-electron chi connectivity index (χ2n) is 2.59. The molecule has 1 aromatic rings. The van der Waals surface area contributed by atoms with Gasteiger partial charge in [0.05, 0.1) is 0 Å². The first kappa shape index (κ1) is 14.8. The number of phenols is 1. The third-order valence-corrected chi connectivity index (χ3v) is 2.28. The number of rotatable bonds is 2. The predicted molar refractivity (Wildman–Crippen MR) is 42.7 cm³/mol. The van der Waals surface area contributed by atoms with Crippen LogP contribution in [0.2, 0.25) is 0 Å². The smallest absolute Gasteiger partial charge is 0.746 e. The van der Waals surface area contributed by atoms with Crippen molar-refractivity contribution in [3.63, 3.8) is 0 Å². The Morgan fingerprint density at radius 2 is 1.87 bits per heavy atom. The number of aliphatic hydroxyl groups excluding tert-OH is 1. The zero-order valence-electron chi connectivity index (χ0n) is 7.71. The van der Waals surface area contributed by atoms with Gasteiger partial charge in [-0.25, -0.2) is 12.8 Å². The van der Waals surface area contributed by atoms with E-state index in [1.807, 2.05) is 0 Å². The van der Waals surface area contributed by atoms with Gasteiger partial charge in [-0.15, -0.1) is 0 Å². The van der Waals surface area contributed by atoms with Crippen LogP contribution in [0, 0.1) is 5.82 Å². The number of hydrogen-bond acceptors (Lipinski definition) is 5. The molecule has 5 nitrogen and oxygen atoms in total. The van der Waals surface area contributed by atoms with Gasteiger partial charge in [0.1, 0.15) is 21.7 Å². The molecule has 0 amide bonds. The third kappa shape index (κ3) is 4.06. The van der Waals surface area contributed by atoms with Crippen molar-refractivity contribution < 1.29 is 57.1 Å². The first-order valence-electron chi connectivity index (χ1n) is 3.43. The van der Waals surface area contributed by atoms with Crippen LogP contribution in [-0.2, 0) is 10.1 Å². The van der Waals surface area contributed by atoms with Crippen LogP contribution < -0.4 is 29.6 Å².